The first kappa shape index (κ1) is 23.0. The van der Waals surface area contributed by atoms with Gasteiger partial charge >= 0.3 is 12.1 Å². The van der Waals surface area contributed by atoms with E-state index >= 15 is 0 Å². The first-order valence-electron chi connectivity index (χ1n) is 9.74. The monoisotopic (exact) mass is 378 g/mol. The molecule has 27 heavy (non-hydrogen) atoms. The van der Waals surface area contributed by atoms with Crippen LogP contribution in [0.5, 0.6) is 0 Å². The fourth-order valence-electron chi connectivity index (χ4n) is 2.39. The topological polar surface area (TPSA) is 76.7 Å². The molecule has 0 spiro atoms. The summed E-state index contributed by atoms with van der Waals surface area (Å²) in [6.07, 6.45) is 3.83. The van der Waals surface area contributed by atoms with Crippen LogP contribution in [0.15, 0.2) is 30.3 Å². The maximum atomic E-state index is 11.6. The van der Waals surface area contributed by atoms with Gasteiger partial charge in [0.2, 0.25) is 0 Å². The third kappa shape index (κ3) is 13.7. The Kier molecular flexibility index (Phi) is 11.2. The number of rotatable bonds is 12. The quantitative estimate of drug-likeness (QED) is 0.427. The summed E-state index contributed by atoms with van der Waals surface area (Å²) in [6.45, 7) is 8.26. The summed E-state index contributed by atoms with van der Waals surface area (Å²) >= 11 is 0. The molecule has 6 heteroatoms. The Bertz CT molecular complexity index is 541. The van der Waals surface area contributed by atoms with Crippen LogP contribution < -0.4 is 10.6 Å². The van der Waals surface area contributed by atoms with Crippen molar-refractivity contribution in [2.24, 2.45) is 0 Å². The Hall–Kier alpha value is -2.08. The van der Waals surface area contributed by atoms with E-state index in [4.69, 9.17) is 9.47 Å². The molecule has 0 bridgehead atoms. The Morgan fingerprint density at radius 3 is 2.30 bits per heavy atom. The van der Waals surface area contributed by atoms with Gasteiger partial charge in [-0.25, -0.2) is 4.79 Å². The van der Waals surface area contributed by atoms with Gasteiger partial charge in [0.1, 0.15) is 12.2 Å². The highest BCUT2D eigenvalue weighted by atomic mass is 16.6. The summed E-state index contributed by atoms with van der Waals surface area (Å²) in [6, 6.07) is 9.62. The molecular weight excluding hydrogens is 344 g/mol. The number of carbonyl (C=O) groups is 2. The summed E-state index contributed by atoms with van der Waals surface area (Å²) in [5.74, 6) is -0.144. The van der Waals surface area contributed by atoms with E-state index < -0.39 is 5.60 Å². The molecule has 1 amide bonds. The molecule has 2 N–H and O–H groups in total. The van der Waals surface area contributed by atoms with E-state index in [2.05, 4.69) is 10.6 Å². The molecule has 6 nitrogen and oxygen atoms in total. The molecular formula is C21H34N2O4. The second kappa shape index (κ2) is 13.1. The highest BCUT2D eigenvalue weighted by molar-refractivity contribution is 5.69. The molecule has 0 heterocycles. The van der Waals surface area contributed by atoms with Gasteiger partial charge in [-0.2, -0.15) is 0 Å². The average Bonchev–Trinajstić information content (AvgIpc) is 2.61. The van der Waals surface area contributed by atoms with Gasteiger partial charge in [-0.15, -0.1) is 0 Å². The number of nitrogens with one attached hydrogen (secondary N) is 2. The van der Waals surface area contributed by atoms with Crippen molar-refractivity contribution in [1.29, 1.82) is 0 Å². The number of ether oxygens (including phenoxy) is 2. The Balaban J connectivity index is 1.87. The van der Waals surface area contributed by atoms with Gasteiger partial charge in [0.15, 0.2) is 0 Å². The van der Waals surface area contributed by atoms with Gasteiger partial charge in [0, 0.05) is 13.0 Å². The van der Waals surface area contributed by atoms with E-state index in [-0.39, 0.29) is 12.1 Å². The standard InChI is InChI=1S/C21H34N2O4/c1-21(2,3)27-19(24)13-10-15-22-14-8-5-9-16-23-20(25)26-17-18-11-6-4-7-12-18/h4,6-7,11-12,22H,5,8-10,13-17H2,1-3H3,(H,23,25). The van der Waals surface area contributed by atoms with Gasteiger partial charge in [-0.05, 0) is 58.7 Å². The maximum absolute atomic E-state index is 11.6. The molecule has 0 saturated heterocycles. The molecule has 1 aromatic carbocycles. The molecule has 0 aliphatic rings. The predicted molar refractivity (Wildman–Crippen MR) is 106 cm³/mol. The van der Waals surface area contributed by atoms with Crippen molar-refractivity contribution in [1.82, 2.24) is 10.6 Å². The minimum atomic E-state index is -0.410. The maximum Gasteiger partial charge on any atom is 0.407 e. The van der Waals surface area contributed by atoms with Crippen molar-refractivity contribution in [3.63, 3.8) is 0 Å². The minimum Gasteiger partial charge on any atom is -0.460 e. The number of benzene rings is 1. The van der Waals surface area contributed by atoms with Crippen LogP contribution >= 0.6 is 0 Å². The van der Waals surface area contributed by atoms with Gasteiger partial charge in [-0.3, -0.25) is 4.79 Å². The van der Waals surface area contributed by atoms with Gasteiger partial charge < -0.3 is 20.1 Å². The van der Waals surface area contributed by atoms with E-state index in [9.17, 15) is 9.59 Å². The van der Waals surface area contributed by atoms with Crippen molar-refractivity contribution >= 4 is 12.1 Å². The summed E-state index contributed by atoms with van der Waals surface area (Å²) in [7, 11) is 0. The van der Waals surface area contributed by atoms with E-state index in [0.29, 0.717) is 19.6 Å². The zero-order valence-electron chi connectivity index (χ0n) is 16.9. The van der Waals surface area contributed by atoms with Crippen LogP contribution in [-0.2, 0) is 20.9 Å². The average molecular weight is 379 g/mol. The summed E-state index contributed by atoms with van der Waals surface area (Å²) in [4.78, 5) is 23.1. The van der Waals surface area contributed by atoms with E-state index in [1.54, 1.807) is 0 Å². The SMILES string of the molecule is CC(C)(C)OC(=O)CCCNCCCCCNC(=O)OCc1ccccc1. The number of alkyl carbamates (subject to hydrolysis) is 1. The lowest BCUT2D eigenvalue weighted by Crippen LogP contribution is -2.25. The smallest absolute Gasteiger partial charge is 0.407 e. The molecule has 0 aliphatic carbocycles. The lowest BCUT2D eigenvalue weighted by atomic mass is 10.2. The molecule has 0 aromatic heterocycles. The lowest BCUT2D eigenvalue weighted by molar-refractivity contribution is -0.154. The molecule has 0 atom stereocenters. The second-order valence-electron chi connectivity index (χ2n) is 7.49. The number of hydrogen-bond donors (Lipinski definition) is 2. The first-order valence-corrected chi connectivity index (χ1v) is 9.74. The molecule has 1 rings (SSSR count). The van der Waals surface area contributed by atoms with Crippen LogP contribution in [0.4, 0.5) is 4.79 Å². The molecule has 0 radical (unpaired) electrons. The number of carbonyl (C=O) groups excluding carboxylic acids is 2. The molecule has 0 unspecified atom stereocenters. The second-order valence-corrected chi connectivity index (χ2v) is 7.49. The third-order valence-electron chi connectivity index (χ3n) is 3.67. The van der Waals surface area contributed by atoms with E-state index in [1.165, 1.54) is 0 Å². The highest BCUT2D eigenvalue weighted by Crippen LogP contribution is 2.08. The van der Waals surface area contributed by atoms with Crippen molar-refractivity contribution < 1.29 is 19.1 Å². The Labute approximate surface area is 163 Å². The third-order valence-corrected chi connectivity index (χ3v) is 3.67. The van der Waals surface area contributed by atoms with E-state index in [0.717, 1.165) is 44.3 Å². The lowest BCUT2D eigenvalue weighted by Gasteiger charge is -2.19. The summed E-state index contributed by atoms with van der Waals surface area (Å²) in [5, 5.41) is 6.08. The zero-order valence-corrected chi connectivity index (χ0v) is 16.9. The van der Waals surface area contributed by atoms with Crippen molar-refractivity contribution in [2.75, 3.05) is 19.6 Å². The number of unbranched alkanes of at least 4 members (excludes halogenated alkanes) is 2. The fourth-order valence-corrected chi connectivity index (χ4v) is 2.39. The molecule has 152 valence electrons. The molecule has 0 aliphatic heterocycles. The fraction of sp³-hybridized carbons (Fsp3) is 0.619. The molecule has 0 saturated carbocycles. The van der Waals surface area contributed by atoms with Crippen molar-refractivity contribution in [3.8, 4) is 0 Å². The van der Waals surface area contributed by atoms with Crippen LogP contribution in [0.25, 0.3) is 0 Å². The number of hydrogen-bond acceptors (Lipinski definition) is 5. The van der Waals surface area contributed by atoms with Crippen LogP contribution in [0.3, 0.4) is 0 Å². The zero-order chi connectivity index (χ0) is 20.0. The van der Waals surface area contributed by atoms with Crippen LogP contribution in [0.1, 0.15) is 58.4 Å². The van der Waals surface area contributed by atoms with E-state index in [1.807, 2.05) is 51.1 Å². The minimum absolute atomic E-state index is 0.144. The van der Waals surface area contributed by atoms with Crippen molar-refractivity contribution in [2.45, 2.75) is 65.1 Å². The largest absolute Gasteiger partial charge is 0.460 e. The van der Waals surface area contributed by atoms with Gasteiger partial charge in [-0.1, -0.05) is 36.8 Å². The number of amides is 1. The van der Waals surface area contributed by atoms with Gasteiger partial charge in [0.05, 0.1) is 0 Å². The molecule has 1 aromatic rings. The van der Waals surface area contributed by atoms with Crippen molar-refractivity contribution in [3.05, 3.63) is 35.9 Å². The van der Waals surface area contributed by atoms with Crippen LogP contribution in [0.2, 0.25) is 0 Å². The summed E-state index contributed by atoms with van der Waals surface area (Å²) in [5.41, 5.74) is 0.567. The highest BCUT2D eigenvalue weighted by Gasteiger charge is 2.15. The Morgan fingerprint density at radius 2 is 1.59 bits per heavy atom. The Morgan fingerprint density at radius 1 is 0.926 bits per heavy atom. The summed E-state index contributed by atoms with van der Waals surface area (Å²) < 4.78 is 10.4. The van der Waals surface area contributed by atoms with Crippen LogP contribution in [-0.4, -0.2) is 37.3 Å². The van der Waals surface area contributed by atoms with Gasteiger partial charge in [0.25, 0.3) is 0 Å². The number of esters is 1. The first-order chi connectivity index (χ1) is 12.9. The molecule has 0 fully saturated rings. The van der Waals surface area contributed by atoms with Crippen LogP contribution in [0, 0.1) is 0 Å². The normalized spacial score (nSPS) is 11.1. The predicted octanol–water partition coefficient (Wildman–Crippen LogP) is 3.79.